The van der Waals surface area contributed by atoms with Crippen molar-refractivity contribution >= 4 is 17.3 Å². The third kappa shape index (κ3) is 4.22. The van der Waals surface area contributed by atoms with Gasteiger partial charge in [-0.15, -0.1) is 0 Å². The van der Waals surface area contributed by atoms with E-state index in [1.54, 1.807) is 36.4 Å². The second-order valence-corrected chi connectivity index (χ2v) is 5.28. The van der Waals surface area contributed by atoms with Crippen LogP contribution < -0.4 is 10.6 Å². The second-order valence-electron chi connectivity index (χ2n) is 5.28. The molecule has 0 spiro atoms. The van der Waals surface area contributed by atoms with E-state index in [4.69, 9.17) is 10.5 Å². The minimum Gasteiger partial charge on any atom is -0.360 e. The minimum absolute atomic E-state index is 0.0270. The molecule has 0 aliphatic rings. The van der Waals surface area contributed by atoms with Gasteiger partial charge in [-0.3, -0.25) is 4.79 Å². The minimum atomic E-state index is -0.194. The standard InChI is InChI=1S/C19H16N4O/c1-13-3-6-16(7-4-13)19(24)23-18-9-17(8-5-14(18)2)22-12-15(10-20)11-21/h3-9,12,22H,1-2H3,(H,23,24). The Labute approximate surface area is 140 Å². The fraction of sp³-hybridized carbons (Fsp3) is 0.105. The Morgan fingerprint density at radius 3 is 2.33 bits per heavy atom. The number of nitrogens with one attached hydrogen (secondary N) is 2. The lowest BCUT2D eigenvalue weighted by Crippen LogP contribution is -2.12. The molecule has 2 aromatic rings. The predicted molar refractivity (Wildman–Crippen MR) is 93.2 cm³/mol. The number of aryl methyl sites for hydroxylation is 2. The van der Waals surface area contributed by atoms with E-state index in [9.17, 15) is 4.79 Å². The molecule has 0 radical (unpaired) electrons. The Hall–Kier alpha value is -3.57. The zero-order chi connectivity index (χ0) is 17.5. The van der Waals surface area contributed by atoms with Crippen molar-refractivity contribution in [3.05, 3.63) is 70.9 Å². The number of amides is 1. The molecule has 0 heterocycles. The van der Waals surface area contributed by atoms with Gasteiger partial charge in [0.05, 0.1) is 0 Å². The summed E-state index contributed by atoms with van der Waals surface area (Å²) >= 11 is 0. The van der Waals surface area contributed by atoms with Crippen molar-refractivity contribution in [1.82, 2.24) is 0 Å². The van der Waals surface area contributed by atoms with E-state index >= 15 is 0 Å². The van der Waals surface area contributed by atoms with Crippen LogP contribution >= 0.6 is 0 Å². The van der Waals surface area contributed by atoms with Crippen molar-refractivity contribution in [2.75, 3.05) is 10.6 Å². The average molecular weight is 316 g/mol. The lowest BCUT2D eigenvalue weighted by Gasteiger charge is -2.11. The van der Waals surface area contributed by atoms with Gasteiger partial charge >= 0.3 is 0 Å². The van der Waals surface area contributed by atoms with E-state index < -0.39 is 0 Å². The van der Waals surface area contributed by atoms with Crippen molar-refractivity contribution in [3.63, 3.8) is 0 Å². The predicted octanol–water partition coefficient (Wildman–Crippen LogP) is 3.90. The van der Waals surface area contributed by atoms with Crippen LogP contribution in [0.4, 0.5) is 11.4 Å². The molecule has 24 heavy (non-hydrogen) atoms. The number of hydrogen-bond acceptors (Lipinski definition) is 4. The molecule has 1 amide bonds. The molecule has 0 atom stereocenters. The fourth-order valence-corrected chi connectivity index (χ4v) is 1.99. The van der Waals surface area contributed by atoms with Crippen LogP contribution in [0.2, 0.25) is 0 Å². The number of carbonyl (C=O) groups excluding carboxylic acids is 1. The van der Waals surface area contributed by atoms with Crippen molar-refractivity contribution in [2.24, 2.45) is 0 Å². The first-order valence-electron chi connectivity index (χ1n) is 7.29. The van der Waals surface area contributed by atoms with Crippen LogP contribution in [-0.4, -0.2) is 5.91 Å². The van der Waals surface area contributed by atoms with Crippen molar-refractivity contribution < 1.29 is 4.79 Å². The highest BCUT2D eigenvalue weighted by Gasteiger charge is 2.08. The second kappa shape index (κ2) is 7.62. The molecule has 0 bridgehead atoms. The maximum atomic E-state index is 12.3. The largest absolute Gasteiger partial charge is 0.360 e. The highest BCUT2D eigenvalue weighted by Crippen LogP contribution is 2.21. The third-order valence-electron chi connectivity index (χ3n) is 3.42. The molecule has 118 valence electrons. The van der Waals surface area contributed by atoms with Crippen LogP contribution in [-0.2, 0) is 0 Å². The molecule has 2 N–H and O–H groups in total. The fourth-order valence-electron chi connectivity index (χ4n) is 1.99. The Morgan fingerprint density at radius 2 is 1.71 bits per heavy atom. The summed E-state index contributed by atoms with van der Waals surface area (Å²) in [7, 11) is 0. The molecule has 5 nitrogen and oxygen atoms in total. The molecular formula is C19H16N4O. The molecule has 0 saturated carbocycles. The van der Waals surface area contributed by atoms with Gasteiger partial charge in [-0.05, 0) is 43.7 Å². The molecule has 0 fully saturated rings. The Morgan fingerprint density at radius 1 is 1.04 bits per heavy atom. The van der Waals surface area contributed by atoms with Gasteiger partial charge in [-0.2, -0.15) is 10.5 Å². The number of benzene rings is 2. The van der Waals surface area contributed by atoms with E-state index in [1.165, 1.54) is 6.20 Å². The van der Waals surface area contributed by atoms with E-state index in [0.717, 1.165) is 11.1 Å². The summed E-state index contributed by atoms with van der Waals surface area (Å²) in [5.41, 5.74) is 3.88. The SMILES string of the molecule is Cc1ccc(C(=O)Nc2cc(NC=C(C#N)C#N)ccc2C)cc1. The molecule has 2 aromatic carbocycles. The number of allylic oxidation sites excluding steroid dienone is 1. The van der Waals surface area contributed by atoms with Gasteiger partial charge in [0.25, 0.3) is 5.91 Å². The summed E-state index contributed by atoms with van der Waals surface area (Å²) in [5.74, 6) is -0.194. The molecular weight excluding hydrogens is 300 g/mol. The van der Waals surface area contributed by atoms with E-state index in [2.05, 4.69) is 10.6 Å². The summed E-state index contributed by atoms with van der Waals surface area (Å²) in [5, 5.41) is 23.2. The maximum absolute atomic E-state index is 12.3. The van der Waals surface area contributed by atoms with Gasteiger partial charge in [-0.1, -0.05) is 23.8 Å². The molecule has 0 aromatic heterocycles. The summed E-state index contributed by atoms with van der Waals surface area (Å²) in [6.45, 7) is 3.85. The number of hydrogen-bond donors (Lipinski definition) is 2. The number of nitriles is 2. The van der Waals surface area contributed by atoms with Gasteiger partial charge < -0.3 is 10.6 Å². The van der Waals surface area contributed by atoms with Gasteiger partial charge in [0.2, 0.25) is 0 Å². The van der Waals surface area contributed by atoms with Gasteiger partial charge in [-0.25, -0.2) is 0 Å². The van der Waals surface area contributed by atoms with Crippen molar-refractivity contribution in [3.8, 4) is 12.1 Å². The quantitative estimate of drug-likeness (QED) is 0.837. The van der Waals surface area contributed by atoms with Crippen LogP contribution in [0.1, 0.15) is 21.5 Å². The van der Waals surface area contributed by atoms with Crippen LogP contribution in [0.3, 0.4) is 0 Å². The zero-order valence-corrected chi connectivity index (χ0v) is 13.4. The third-order valence-corrected chi connectivity index (χ3v) is 3.42. The van der Waals surface area contributed by atoms with Crippen molar-refractivity contribution in [1.29, 1.82) is 10.5 Å². The average Bonchev–Trinajstić information content (AvgIpc) is 2.59. The number of anilines is 2. The molecule has 5 heteroatoms. The molecule has 0 unspecified atom stereocenters. The van der Waals surface area contributed by atoms with Gasteiger partial charge in [0.15, 0.2) is 0 Å². The van der Waals surface area contributed by atoms with Gasteiger partial charge in [0.1, 0.15) is 17.7 Å². The van der Waals surface area contributed by atoms with Crippen LogP contribution in [0.15, 0.2) is 54.2 Å². The lowest BCUT2D eigenvalue weighted by atomic mass is 10.1. The van der Waals surface area contributed by atoms with E-state index in [0.29, 0.717) is 16.9 Å². The summed E-state index contributed by atoms with van der Waals surface area (Å²) in [6.07, 6.45) is 1.33. The Kier molecular flexibility index (Phi) is 5.33. The number of nitrogens with zero attached hydrogens (tertiary/aromatic N) is 2. The Balaban J connectivity index is 2.18. The van der Waals surface area contributed by atoms with Crippen LogP contribution in [0, 0.1) is 36.5 Å². The first-order chi connectivity index (χ1) is 11.5. The zero-order valence-electron chi connectivity index (χ0n) is 13.4. The summed E-state index contributed by atoms with van der Waals surface area (Å²) in [4.78, 5) is 12.3. The Bertz CT molecular complexity index is 852. The summed E-state index contributed by atoms with van der Waals surface area (Å²) in [6, 6.07) is 16.3. The first kappa shape index (κ1) is 16.8. The molecule has 0 aliphatic carbocycles. The molecule has 0 aliphatic heterocycles. The highest BCUT2D eigenvalue weighted by atomic mass is 16.1. The molecule has 2 rings (SSSR count). The number of carbonyl (C=O) groups is 1. The first-order valence-corrected chi connectivity index (χ1v) is 7.29. The van der Waals surface area contributed by atoms with Crippen LogP contribution in [0.25, 0.3) is 0 Å². The lowest BCUT2D eigenvalue weighted by molar-refractivity contribution is 0.102. The monoisotopic (exact) mass is 316 g/mol. The summed E-state index contributed by atoms with van der Waals surface area (Å²) < 4.78 is 0. The topological polar surface area (TPSA) is 88.7 Å². The van der Waals surface area contributed by atoms with E-state index in [-0.39, 0.29) is 11.5 Å². The normalized spacial score (nSPS) is 9.33. The smallest absolute Gasteiger partial charge is 0.255 e. The van der Waals surface area contributed by atoms with Gasteiger partial charge in [0, 0.05) is 23.1 Å². The maximum Gasteiger partial charge on any atom is 0.255 e. The van der Waals surface area contributed by atoms with Crippen molar-refractivity contribution in [2.45, 2.75) is 13.8 Å². The highest BCUT2D eigenvalue weighted by molar-refractivity contribution is 6.04. The molecule has 0 saturated heterocycles. The van der Waals surface area contributed by atoms with Crippen LogP contribution in [0.5, 0.6) is 0 Å². The van der Waals surface area contributed by atoms with E-state index in [1.807, 2.05) is 32.0 Å². The number of rotatable bonds is 4.